The molecule has 2 aromatic rings. The molecule has 5 nitrogen and oxygen atoms in total. The second-order valence-electron chi connectivity index (χ2n) is 4.87. The molecule has 5 heteroatoms. The van der Waals surface area contributed by atoms with Crippen molar-refractivity contribution in [2.45, 2.75) is 32.4 Å². The fourth-order valence-corrected chi connectivity index (χ4v) is 2.46. The summed E-state index contributed by atoms with van der Waals surface area (Å²) in [5.74, 6) is 1.01. The minimum absolute atomic E-state index is 0.106. The smallest absolute Gasteiger partial charge is 0.270 e. The lowest BCUT2D eigenvalue weighted by Crippen LogP contribution is -2.41. The van der Waals surface area contributed by atoms with Crippen LogP contribution in [0.5, 0.6) is 0 Å². The number of amides is 1. The van der Waals surface area contributed by atoms with Crippen LogP contribution in [0.15, 0.2) is 30.6 Å². The largest absolute Gasteiger partial charge is 0.346 e. The molecular formula is C14H16N4O. The number of nitrogens with zero attached hydrogens (tertiary/aromatic N) is 3. The van der Waals surface area contributed by atoms with Gasteiger partial charge in [0.1, 0.15) is 11.5 Å². The Kier molecular flexibility index (Phi) is 3.03. The fourth-order valence-electron chi connectivity index (χ4n) is 2.46. The van der Waals surface area contributed by atoms with Crippen molar-refractivity contribution in [2.24, 2.45) is 0 Å². The van der Waals surface area contributed by atoms with E-state index >= 15 is 0 Å². The molecule has 1 atom stereocenters. The van der Waals surface area contributed by atoms with Gasteiger partial charge in [-0.1, -0.05) is 6.07 Å². The molecule has 2 aromatic heterocycles. The van der Waals surface area contributed by atoms with Crippen molar-refractivity contribution in [2.75, 3.05) is 0 Å². The quantitative estimate of drug-likeness (QED) is 0.882. The van der Waals surface area contributed by atoms with E-state index in [9.17, 15) is 4.79 Å². The first-order valence-electron chi connectivity index (χ1n) is 6.47. The van der Waals surface area contributed by atoms with Crippen LogP contribution in [0.2, 0.25) is 0 Å². The minimum Gasteiger partial charge on any atom is -0.346 e. The Balaban J connectivity index is 1.68. The van der Waals surface area contributed by atoms with Crippen molar-refractivity contribution in [1.82, 2.24) is 19.9 Å². The van der Waals surface area contributed by atoms with Gasteiger partial charge in [0.15, 0.2) is 0 Å². The molecule has 0 saturated heterocycles. The first-order valence-corrected chi connectivity index (χ1v) is 6.47. The lowest BCUT2D eigenvalue weighted by Gasteiger charge is -2.24. The molecule has 0 aromatic carbocycles. The number of aromatic nitrogens is 3. The molecule has 19 heavy (non-hydrogen) atoms. The fraction of sp³-hybridized carbons (Fsp3) is 0.357. The average molecular weight is 256 g/mol. The number of pyridine rings is 1. The lowest BCUT2D eigenvalue weighted by atomic mass is 10.1. The molecule has 0 fully saturated rings. The van der Waals surface area contributed by atoms with Crippen LogP contribution in [0.25, 0.3) is 0 Å². The van der Waals surface area contributed by atoms with E-state index in [-0.39, 0.29) is 11.9 Å². The molecular weight excluding hydrogens is 240 g/mol. The van der Waals surface area contributed by atoms with Crippen LogP contribution in [0.3, 0.4) is 0 Å². The molecule has 3 heterocycles. The number of hydrogen-bond acceptors (Lipinski definition) is 3. The number of rotatable bonds is 2. The zero-order valence-electron chi connectivity index (χ0n) is 10.8. The second kappa shape index (κ2) is 4.84. The van der Waals surface area contributed by atoms with Crippen LogP contribution >= 0.6 is 0 Å². The average Bonchev–Trinajstić information content (AvgIpc) is 2.79. The zero-order valence-corrected chi connectivity index (χ0v) is 10.8. The Morgan fingerprint density at radius 2 is 2.37 bits per heavy atom. The highest BCUT2D eigenvalue weighted by molar-refractivity contribution is 5.92. The molecule has 1 amide bonds. The summed E-state index contributed by atoms with van der Waals surface area (Å²) >= 11 is 0. The highest BCUT2D eigenvalue weighted by Crippen LogP contribution is 2.15. The van der Waals surface area contributed by atoms with Gasteiger partial charge in [-0.05, 0) is 25.5 Å². The maximum absolute atomic E-state index is 12.0. The zero-order chi connectivity index (χ0) is 13.2. The van der Waals surface area contributed by atoms with Crippen molar-refractivity contribution in [3.63, 3.8) is 0 Å². The normalized spacial score (nSPS) is 17.8. The number of carbonyl (C=O) groups is 1. The van der Waals surface area contributed by atoms with E-state index in [1.807, 2.05) is 19.2 Å². The van der Waals surface area contributed by atoms with Gasteiger partial charge in [-0.25, -0.2) is 4.98 Å². The molecule has 0 saturated carbocycles. The number of fused-ring (bicyclic) bond motifs is 1. The van der Waals surface area contributed by atoms with Crippen LogP contribution < -0.4 is 5.32 Å². The van der Waals surface area contributed by atoms with Crippen molar-refractivity contribution in [3.8, 4) is 0 Å². The Morgan fingerprint density at radius 1 is 1.47 bits per heavy atom. The first-order chi connectivity index (χ1) is 9.22. The molecule has 0 aliphatic carbocycles. The van der Waals surface area contributed by atoms with E-state index < -0.39 is 0 Å². The summed E-state index contributed by atoms with van der Waals surface area (Å²) < 4.78 is 2.13. The third-order valence-corrected chi connectivity index (χ3v) is 3.35. The standard InChI is InChI=1S/C14H16N4O/c1-10-8-18-9-11(5-6-13(18)16-10)17-14(19)12-4-2-3-7-15-12/h2-4,7-8,11H,5-6,9H2,1H3,(H,17,19)/t11-/m0/s1. The molecule has 1 N–H and O–H groups in total. The van der Waals surface area contributed by atoms with Crippen LogP contribution in [0.4, 0.5) is 0 Å². The third-order valence-electron chi connectivity index (χ3n) is 3.35. The maximum Gasteiger partial charge on any atom is 0.270 e. The van der Waals surface area contributed by atoms with E-state index in [2.05, 4.69) is 19.9 Å². The van der Waals surface area contributed by atoms with Gasteiger partial charge in [0.25, 0.3) is 5.91 Å². The maximum atomic E-state index is 12.0. The van der Waals surface area contributed by atoms with Crippen molar-refractivity contribution < 1.29 is 4.79 Å². The molecule has 1 aliphatic heterocycles. The predicted octanol–water partition coefficient (Wildman–Crippen LogP) is 1.33. The SMILES string of the molecule is Cc1cn2c(n1)CC[C@H](NC(=O)c1ccccn1)C2. The molecule has 98 valence electrons. The summed E-state index contributed by atoms with van der Waals surface area (Å²) in [6.45, 7) is 2.78. The van der Waals surface area contributed by atoms with Gasteiger partial charge in [0, 0.05) is 31.4 Å². The molecule has 1 aliphatic rings. The van der Waals surface area contributed by atoms with Crippen molar-refractivity contribution in [1.29, 1.82) is 0 Å². The van der Waals surface area contributed by atoms with Gasteiger partial charge in [0.2, 0.25) is 0 Å². The highest BCUT2D eigenvalue weighted by Gasteiger charge is 2.21. The summed E-state index contributed by atoms with van der Waals surface area (Å²) in [6.07, 6.45) is 5.50. The van der Waals surface area contributed by atoms with Crippen molar-refractivity contribution in [3.05, 3.63) is 47.8 Å². The minimum atomic E-state index is -0.106. The molecule has 3 rings (SSSR count). The van der Waals surface area contributed by atoms with Gasteiger partial charge in [0.05, 0.1) is 5.69 Å². The number of hydrogen-bond donors (Lipinski definition) is 1. The van der Waals surface area contributed by atoms with Crippen LogP contribution in [0, 0.1) is 6.92 Å². The van der Waals surface area contributed by atoms with Crippen LogP contribution in [-0.2, 0) is 13.0 Å². The van der Waals surface area contributed by atoms with Crippen LogP contribution in [-0.4, -0.2) is 26.5 Å². The second-order valence-corrected chi connectivity index (χ2v) is 4.87. The summed E-state index contributed by atoms with van der Waals surface area (Å²) in [5, 5.41) is 3.04. The van der Waals surface area contributed by atoms with Gasteiger partial charge < -0.3 is 9.88 Å². The lowest BCUT2D eigenvalue weighted by molar-refractivity contribution is 0.0922. The summed E-state index contributed by atoms with van der Waals surface area (Å²) in [7, 11) is 0. The van der Waals surface area contributed by atoms with E-state index in [0.29, 0.717) is 5.69 Å². The van der Waals surface area contributed by atoms with Gasteiger partial charge in [-0.2, -0.15) is 0 Å². The third kappa shape index (κ3) is 2.50. The van der Waals surface area contributed by atoms with Gasteiger partial charge in [-0.15, -0.1) is 0 Å². The molecule has 0 spiro atoms. The summed E-state index contributed by atoms with van der Waals surface area (Å²) in [4.78, 5) is 20.6. The highest BCUT2D eigenvalue weighted by atomic mass is 16.1. The van der Waals surface area contributed by atoms with E-state index in [4.69, 9.17) is 0 Å². The van der Waals surface area contributed by atoms with E-state index in [0.717, 1.165) is 30.9 Å². The molecule has 0 bridgehead atoms. The summed E-state index contributed by atoms with van der Waals surface area (Å²) in [5.41, 5.74) is 1.50. The van der Waals surface area contributed by atoms with Crippen molar-refractivity contribution >= 4 is 5.91 Å². The van der Waals surface area contributed by atoms with Gasteiger partial charge >= 0.3 is 0 Å². The monoisotopic (exact) mass is 256 g/mol. The molecule has 0 radical (unpaired) electrons. The number of nitrogens with one attached hydrogen (secondary N) is 1. The topological polar surface area (TPSA) is 59.8 Å². The Hall–Kier alpha value is -2.17. The Labute approximate surface area is 111 Å². The predicted molar refractivity (Wildman–Crippen MR) is 70.8 cm³/mol. The Morgan fingerprint density at radius 3 is 3.16 bits per heavy atom. The summed E-state index contributed by atoms with van der Waals surface area (Å²) in [6, 6.07) is 5.50. The number of imidazole rings is 1. The first kappa shape index (κ1) is 11.9. The van der Waals surface area contributed by atoms with E-state index in [1.54, 1.807) is 18.3 Å². The number of aryl methyl sites for hydroxylation is 2. The Bertz CT molecular complexity index is 591. The van der Waals surface area contributed by atoms with E-state index in [1.165, 1.54) is 0 Å². The molecule has 0 unspecified atom stereocenters. The number of carbonyl (C=O) groups excluding carboxylic acids is 1. The van der Waals surface area contributed by atoms with Gasteiger partial charge in [-0.3, -0.25) is 9.78 Å². The van der Waals surface area contributed by atoms with Crippen LogP contribution in [0.1, 0.15) is 28.4 Å².